The second-order valence-electron chi connectivity index (χ2n) is 19.1. The van der Waals surface area contributed by atoms with Gasteiger partial charge in [-0.2, -0.15) is 0 Å². The Labute approximate surface area is 439 Å². The summed E-state index contributed by atoms with van der Waals surface area (Å²) >= 11 is 8.49. The Balaban J connectivity index is 0.701. The number of carbonyl (C=O) groups is 4. The van der Waals surface area contributed by atoms with Crippen molar-refractivity contribution in [1.82, 2.24) is 44.9 Å². The van der Waals surface area contributed by atoms with E-state index >= 15 is 0 Å². The van der Waals surface area contributed by atoms with Gasteiger partial charge in [-0.25, -0.2) is 4.39 Å². The quantitative estimate of drug-likeness (QED) is 0.0684. The normalized spacial score (nSPS) is 16.9. The number of carbonyl (C=O) groups excluding carboxylic acids is 4. The highest BCUT2D eigenvalue weighted by Gasteiger charge is 2.37. The number of piperazine rings is 1. The molecular formula is C52H69ClFN9O10S. The van der Waals surface area contributed by atoms with E-state index in [1.54, 1.807) is 48.4 Å². The molecule has 19 nitrogen and oxygen atoms in total. The van der Waals surface area contributed by atoms with Crippen LogP contribution in [0.2, 0.25) is 5.02 Å². The fourth-order valence-electron chi connectivity index (χ4n) is 9.69. The number of nitrogens with one attached hydrogen (secondary N) is 2. The van der Waals surface area contributed by atoms with Gasteiger partial charge in [-0.3, -0.25) is 29.1 Å². The molecule has 0 radical (unpaired) electrons. The third-order valence-electron chi connectivity index (χ3n) is 14.1. The number of ether oxygens (including phenoxy) is 5. The Hall–Kier alpha value is -5.42. The Bertz CT molecular complexity index is 2650. The Morgan fingerprint density at radius 2 is 1.59 bits per heavy atom. The summed E-state index contributed by atoms with van der Waals surface area (Å²) in [5.74, 6) is 0.456. The second-order valence-corrected chi connectivity index (χ2v) is 20.4. The van der Waals surface area contributed by atoms with E-state index in [1.165, 1.54) is 27.7 Å². The standard InChI is InChI=1S/C52H69ClFN9O10S/c1-35(55-2)50(65)57-47(36-7-5-4-6-8-36)51(66)61-18-20-62(21-19-61)52(67)48-46(53)40-31-37(54)9-10-42(40)63(48)34-45(64)59(3)22-23-68-24-25-69-26-27-70-28-29-71-44-32-39(73-58-44)33-60-16-12-38(13-17-60)72-43-11-15-56-41-14-30-74-49(41)43/h9-11,14-15,30-32,35-36,38,47,55H,4-8,12-13,16-29,33-34H2,1-3H3,(H,57,65)/t35-,47-/m0/s1. The molecule has 22 heteroatoms. The van der Waals surface area contributed by atoms with Crippen LogP contribution >= 0.6 is 22.9 Å². The number of halogens is 2. The highest BCUT2D eigenvalue weighted by Crippen LogP contribution is 2.34. The number of benzene rings is 1. The van der Waals surface area contributed by atoms with Gasteiger partial charge in [0.15, 0.2) is 5.76 Å². The number of aromatic nitrogens is 3. The molecule has 74 heavy (non-hydrogen) atoms. The number of likely N-dealkylation sites (N-methyl/N-ethyl adjacent to an activating group) is 2. The maximum Gasteiger partial charge on any atom is 0.272 e. The number of fused-ring (bicyclic) bond motifs is 2. The molecule has 3 fully saturated rings. The SMILES string of the molecule is CN[C@@H](C)C(=O)N[C@H](C(=O)N1CCN(C(=O)c2c(Cl)c3cc(F)ccc3n2CC(=O)N(C)CCOCCOCCOCCOc2cc(CN3CCC(Oc4ccnc5ccsc45)CC3)on2)CC1)C1CCCCC1. The van der Waals surface area contributed by atoms with E-state index in [0.717, 1.165) is 79.8 Å². The minimum absolute atomic E-state index is 0.0392. The monoisotopic (exact) mass is 1070 g/mol. The summed E-state index contributed by atoms with van der Waals surface area (Å²) in [7, 11) is 3.35. The highest BCUT2D eigenvalue weighted by atomic mass is 35.5. The molecule has 5 aromatic rings. The lowest BCUT2D eigenvalue weighted by atomic mass is 9.83. The number of rotatable bonds is 25. The van der Waals surface area contributed by atoms with Gasteiger partial charge in [0, 0.05) is 70.5 Å². The number of thiophene rings is 1. The van der Waals surface area contributed by atoms with E-state index in [1.807, 2.05) is 23.6 Å². The van der Waals surface area contributed by atoms with Crippen LogP contribution in [0.5, 0.6) is 11.6 Å². The topological polar surface area (TPSA) is 195 Å². The molecular weight excluding hydrogens is 997 g/mol. The van der Waals surface area contributed by atoms with Crippen LogP contribution in [0, 0.1) is 11.7 Å². The summed E-state index contributed by atoms with van der Waals surface area (Å²) in [5, 5.41) is 12.4. The number of pyridine rings is 1. The van der Waals surface area contributed by atoms with Crippen molar-refractivity contribution >= 4 is 67.7 Å². The first-order valence-corrected chi connectivity index (χ1v) is 27.0. The molecule has 2 saturated heterocycles. The largest absolute Gasteiger partial charge is 0.489 e. The molecule has 2 aliphatic heterocycles. The van der Waals surface area contributed by atoms with Crippen LogP contribution in [0.3, 0.4) is 0 Å². The molecule has 4 amide bonds. The van der Waals surface area contributed by atoms with Gasteiger partial charge in [-0.15, -0.1) is 11.3 Å². The lowest BCUT2D eigenvalue weighted by molar-refractivity contribution is -0.140. The minimum Gasteiger partial charge on any atom is -0.489 e. The van der Waals surface area contributed by atoms with Gasteiger partial charge in [0.1, 0.15) is 42.6 Å². The van der Waals surface area contributed by atoms with E-state index in [2.05, 4.69) is 25.7 Å². The van der Waals surface area contributed by atoms with Crippen molar-refractivity contribution in [2.45, 2.75) is 83.1 Å². The molecule has 3 aliphatic rings. The Kier molecular flexibility index (Phi) is 19.9. The Morgan fingerprint density at radius 3 is 2.32 bits per heavy atom. The van der Waals surface area contributed by atoms with Crippen LogP contribution in [0.15, 0.2) is 52.5 Å². The van der Waals surface area contributed by atoms with Gasteiger partial charge in [0.25, 0.3) is 11.8 Å². The van der Waals surface area contributed by atoms with Crippen molar-refractivity contribution in [3.05, 3.63) is 70.3 Å². The maximum atomic E-state index is 14.5. The fourth-order valence-corrected chi connectivity index (χ4v) is 10.8. The van der Waals surface area contributed by atoms with E-state index in [-0.39, 0.29) is 86.3 Å². The maximum absolute atomic E-state index is 14.5. The number of likely N-dealkylation sites (tertiary alicyclic amines) is 1. The van der Waals surface area contributed by atoms with Gasteiger partial charge in [-0.05, 0) is 86.4 Å². The zero-order valence-corrected chi connectivity index (χ0v) is 44.1. The zero-order chi connectivity index (χ0) is 52.0. The molecule has 0 unspecified atom stereocenters. The second kappa shape index (κ2) is 26.9. The molecule has 4 aromatic heterocycles. The molecule has 0 bridgehead atoms. The first-order chi connectivity index (χ1) is 36.0. The predicted molar refractivity (Wildman–Crippen MR) is 277 cm³/mol. The first-order valence-electron chi connectivity index (χ1n) is 25.8. The minimum atomic E-state index is -0.648. The number of hydrogen-bond acceptors (Lipinski definition) is 15. The van der Waals surface area contributed by atoms with Gasteiger partial charge in [0.05, 0.1) is 73.0 Å². The van der Waals surface area contributed by atoms with Crippen molar-refractivity contribution in [2.75, 3.05) is 106 Å². The third-order valence-corrected chi connectivity index (χ3v) is 15.4. The first kappa shape index (κ1) is 54.8. The van der Waals surface area contributed by atoms with Crippen LogP contribution in [-0.2, 0) is 41.7 Å². The molecule has 1 saturated carbocycles. The summed E-state index contributed by atoms with van der Waals surface area (Å²) in [6, 6.07) is 8.70. The lowest BCUT2D eigenvalue weighted by Gasteiger charge is -2.39. The van der Waals surface area contributed by atoms with Gasteiger partial charge >= 0.3 is 0 Å². The molecule has 402 valence electrons. The summed E-state index contributed by atoms with van der Waals surface area (Å²) in [4.78, 5) is 66.4. The van der Waals surface area contributed by atoms with Crippen LogP contribution in [0.25, 0.3) is 21.1 Å². The summed E-state index contributed by atoms with van der Waals surface area (Å²) in [6.07, 6.45) is 8.64. The van der Waals surface area contributed by atoms with Crippen molar-refractivity contribution in [2.24, 2.45) is 5.92 Å². The summed E-state index contributed by atoms with van der Waals surface area (Å²) < 4.78 is 51.8. The van der Waals surface area contributed by atoms with Crippen molar-refractivity contribution in [3.63, 3.8) is 0 Å². The van der Waals surface area contributed by atoms with Crippen LogP contribution in [0.4, 0.5) is 4.39 Å². The predicted octanol–water partition coefficient (Wildman–Crippen LogP) is 5.62. The third kappa shape index (κ3) is 14.3. The lowest BCUT2D eigenvalue weighted by Crippen LogP contribution is -2.59. The Morgan fingerprint density at radius 1 is 0.892 bits per heavy atom. The number of piperidine rings is 1. The molecule has 8 rings (SSSR count). The van der Waals surface area contributed by atoms with Crippen LogP contribution in [0.1, 0.15) is 68.1 Å². The molecule has 2 N–H and O–H groups in total. The smallest absolute Gasteiger partial charge is 0.272 e. The van der Waals surface area contributed by atoms with Gasteiger partial charge in [0.2, 0.25) is 17.7 Å². The zero-order valence-electron chi connectivity index (χ0n) is 42.6. The van der Waals surface area contributed by atoms with Crippen LogP contribution < -0.4 is 20.1 Å². The van der Waals surface area contributed by atoms with Crippen molar-refractivity contribution in [3.8, 4) is 11.6 Å². The summed E-state index contributed by atoms with van der Waals surface area (Å²) in [6.45, 7) is 7.44. The van der Waals surface area contributed by atoms with E-state index in [9.17, 15) is 23.6 Å². The molecule has 1 aliphatic carbocycles. The van der Waals surface area contributed by atoms with Gasteiger partial charge in [-0.1, -0.05) is 30.9 Å². The average Bonchev–Trinajstić information content (AvgIpc) is 4.16. The van der Waals surface area contributed by atoms with E-state index < -0.39 is 23.8 Å². The average molecular weight is 1070 g/mol. The van der Waals surface area contributed by atoms with Crippen molar-refractivity contribution in [1.29, 1.82) is 0 Å². The number of hydrogen-bond donors (Lipinski definition) is 2. The molecule has 1 aromatic carbocycles. The van der Waals surface area contributed by atoms with Crippen molar-refractivity contribution < 1.29 is 51.8 Å². The molecule has 6 heterocycles. The van der Waals surface area contributed by atoms with Gasteiger partial charge < -0.3 is 58.1 Å². The van der Waals surface area contributed by atoms with Crippen LogP contribution in [-0.4, -0.2) is 182 Å². The fraction of sp³-hybridized carbons (Fsp3) is 0.577. The molecule has 0 spiro atoms. The number of amides is 4. The number of nitrogens with zero attached hydrogens (tertiary/aromatic N) is 7. The summed E-state index contributed by atoms with van der Waals surface area (Å²) in [5.41, 5.74) is 1.48. The van der Waals surface area contributed by atoms with E-state index in [0.29, 0.717) is 63.0 Å². The molecule has 2 atom stereocenters. The highest BCUT2D eigenvalue weighted by molar-refractivity contribution is 7.17. The van der Waals surface area contributed by atoms with E-state index in [4.69, 9.17) is 39.8 Å².